The van der Waals surface area contributed by atoms with Gasteiger partial charge in [0.2, 0.25) is 0 Å². The molecule has 0 aromatic heterocycles. The van der Waals surface area contributed by atoms with Crippen LogP contribution in [0.5, 0.6) is 0 Å². The van der Waals surface area contributed by atoms with Crippen molar-refractivity contribution in [3.63, 3.8) is 0 Å². The second kappa shape index (κ2) is 5.61. The van der Waals surface area contributed by atoms with E-state index in [0.717, 1.165) is 17.9 Å². The van der Waals surface area contributed by atoms with Gasteiger partial charge in [-0.1, -0.05) is 24.3 Å². The van der Waals surface area contributed by atoms with Gasteiger partial charge in [0.25, 0.3) is 17.5 Å². The predicted octanol–water partition coefficient (Wildman–Crippen LogP) is 2.43. The zero-order chi connectivity index (χ0) is 17.7. The van der Waals surface area contributed by atoms with Crippen LogP contribution >= 0.6 is 0 Å². The molecule has 1 aromatic rings. The van der Waals surface area contributed by atoms with Gasteiger partial charge in [0.05, 0.1) is 23.0 Å². The zero-order valence-electron chi connectivity index (χ0n) is 13.7. The molecule has 1 saturated carbocycles. The van der Waals surface area contributed by atoms with Crippen LogP contribution in [0.25, 0.3) is 0 Å². The van der Waals surface area contributed by atoms with E-state index in [1.165, 1.54) is 12.3 Å². The van der Waals surface area contributed by atoms with E-state index in [9.17, 15) is 19.7 Å². The first-order chi connectivity index (χ1) is 12.0. The molecular formula is C18H17N3O4. The number of imide groups is 1. The van der Waals surface area contributed by atoms with Crippen LogP contribution in [0.2, 0.25) is 0 Å². The molecule has 3 aliphatic carbocycles. The highest BCUT2D eigenvalue weighted by atomic mass is 16.6. The fourth-order valence-corrected chi connectivity index (χ4v) is 4.20. The van der Waals surface area contributed by atoms with Crippen LogP contribution in [-0.2, 0) is 9.59 Å². The van der Waals surface area contributed by atoms with Gasteiger partial charge in [-0.25, -0.2) is 0 Å². The lowest BCUT2D eigenvalue weighted by atomic mass is 9.63. The third kappa shape index (κ3) is 2.38. The topological polar surface area (TPSA) is 92.9 Å². The average molecular weight is 339 g/mol. The number of amides is 2. The summed E-state index contributed by atoms with van der Waals surface area (Å²) in [6, 6.07) is 4.69. The number of hydrogen-bond acceptors (Lipinski definition) is 5. The smallest absolute Gasteiger partial charge is 0.272 e. The highest BCUT2D eigenvalue weighted by Gasteiger charge is 2.56. The maximum absolute atomic E-state index is 12.6. The molecule has 0 radical (unpaired) electrons. The molecule has 1 aliphatic heterocycles. The Kier molecular flexibility index (Phi) is 3.52. The molecule has 2 bridgehead atoms. The summed E-state index contributed by atoms with van der Waals surface area (Å²) in [5.41, 5.74) is 1.01. The number of allylic oxidation sites excluding steroid dienone is 2. The van der Waals surface area contributed by atoms with E-state index in [2.05, 4.69) is 17.3 Å². The largest absolute Gasteiger partial charge is 0.272 e. The van der Waals surface area contributed by atoms with Crippen molar-refractivity contribution in [2.45, 2.75) is 19.8 Å². The van der Waals surface area contributed by atoms with Gasteiger partial charge in [0.1, 0.15) is 0 Å². The minimum atomic E-state index is -0.462. The van der Waals surface area contributed by atoms with Gasteiger partial charge in [0.15, 0.2) is 0 Å². The molecule has 7 nitrogen and oxygen atoms in total. The summed E-state index contributed by atoms with van der Waals surface area (Å²) in [6.45, 7) is 1.65. The van der Waals surface area contributed by atoms with E-state index < -0.39 is 4.92 Å². The number of rotatable bonds is 3. The molecule has 25 heavy (non-hydrogen) atoms. The van der Waals surface area contributed by atoms with Crippen LogP contribution in [-0.4, -0.2) is 28.0 Å². The monoisotopic (exact) mass is 339 g/mol. The van der Waals surface area contributed by atoms with Gasteiger partial charge in [-0.15, -0.1) is 0 Å². The van der Waals surface area contributed by atoms with Crippen LogP contribution in [0.15, 0.2) is 35.5 Å². The number of nitrogens with zero attached hydrogens (tertiary/aromatic N) is 3. The molecule has 1 heterocycles. The van der Waals surface area contributed by atoms with Gasteiger partial charge < -0.3 is 0 Å². The average Bonchev–Trinajstić information content (AvgIpc) is 2.88. The van der Waals surface area contributed by atoms with E-state index in [1.54, 1.807) is 19.1 Å². The molecule has 1 saturated heterocycles. The Morgan fingerprint density at radius 3 is 2.28 bits per heavy atom. The molecule has 2 fully saturated rings. The van der Waals surface area contributed by atoms with Crippen molar-refractivity contribution < 1.29 is 14.5 Å². The fourth-order valence-electron chi connectivity index (χ4n) is 4.20. The Morgan fingerprint density at radius 2 is 1.76 bits per heavy atom. The molecule has 0 N–H and O–H groups in total. The molecular weight excluding hydrogens is 322 g/mol. The predicted molar refractivity (Wildman–Crippen MR) is 89.6 cm³/mol. The van der Waals surface area contributed by atoms with Crippen LogP contribution < -0.4 is 0 Å². The number of benzene rings is 1. The molecule has 4 aliphatic rings. The number of carbonyl (C=O) groups excluding carboxylic acids is 2. The summed E-state index contributed by atoms with van der Waals surface area (Å²) in [4.78, 5) is 35.8. The lowest BCUT2D eigenvalue weighted by Gasteiger charge is -2.37. The van der Waals surface area contributed by atoms with Crippen molar-refractivity contribution >= 4 is 23.7 Å². The molecule has 128 valence electrons. The maximum atomic E-state index is 12.6. The van der Waals surface area contributed by atoms with Crippen LogP contribution in [0.1, 0.15) is 24.0 Å². The quantitative estimate of drug-likeness (QED) is 0.278. The zero-order valence-corrected chi connectivity index (χ0v) is 13.7. The van der Waals surface area contributed by atoms with E-state index in [4.69, 9.17) is 0 Å². The van der Waals surface area contributed by atoms with E-state index in [0.29, 0.717) is 11.1 Å². The number of hydrogen-bond donors (Lipinski definition) is 0. The second-order valence-electron chi connectivity index (χ2n) is 6.88. The van der Waals surface area contributed by atoms with E-state index in [-0.39, 0.29) is 41.2 Å². The molecule has 5 rings (SSSR count). The Balaban J connectivity index is 1.60. The number of fused-ring (bicyclic) bond motifs is 1. The number of hydrazone groups is 1. The van der Waals surface area contributed by atoms with Gasteiger partial charge in [-0.3, -0.25) is 19.7 Å². The van der Waals surface area contributed by atoms with Crippen molar-refractivity contribution in [3.8, 4) is 0 Å². The number of aryl methyl sites for hydroxylation is 1. The summed E-state index contributed by atoms with van der Waals surface area (Å²) in [6.07, 6.45) is 7.31. The highest BCUT2D eigenvalue weighted by Crippen LogP contribution is 2.49. The first kappa shape index (κ1) is 15.7. The third-order valence-corrected chi connectivity index (χ3v) is 5.49. The fraction of sp³-hybridized carbons (Fsp3) is 0.389. The molecule has 0 unspecified atom stereocenters. The number of carbonyl (C=O) groups is 2. The highest BCUT2D eigenvalue weighted by molar-refractivity contribution is 6.06. The van der Waals surface area contributed by atoms with Crippen molar-refractivity contribution in [1.82, 2.24) is 5.01 Å². The molecule has 1 aromatic carbocycles. The third-order valence-electron chi connectivity index (χ3n) is 5.49. The summed E-state index contributed by atoms with van der Waals surface area (Å²) < 4.78 is 0. The van der Waals surface area contributed by atoms with Crippen LogP contribution in [0.3, 0.4) is 0 Å². The Bertz CT molecular complexity index is 813. The SMILES string of the molecule is Cc1ccc(/C=N\N2C(=O)[C@@H]3[C@@H](C2=O)[C@@H]2C=C[C@@H]3CC2)cc1[N+](=O)[O-]. The van der Waals surface area contributed by atoms with E-state index >= 15 is 0 Å². The number of nitro groups is 1. The lowest BCUT2D eigenvalue weighted by Crippen LogP contribution is -2.38. The van der Waals surface area contributed by atoms with Gasteiger partial charge in [-0.2, -0.15) is 10.1 Å². The summed E-state index contributed by atoms with van der Waals surface area (Å²) in [5, 5.41) is 16.0. The molecule has 7 heteroatoms. The van der Waals surface area contributed by atoms with Gasteiger partial charge in [-0.05, 0) is 31.6 Å². The summed E-state index contributed by atoms with van der Waals surface area (Å²) >= 11 is 0. The van der Waals surface area contributed by atoms with E-state index in [1.807, 2.05) is 0 Å². The Morgan fingerprint density at radius 1 is 1.16 bits per heavy atom. The first-order valence-corrected chi connectivity index (χ1v) is 8.32. The van der Waals surface area contributed by atoms with Crippen molar-refractivity contribution in [1.29, 1.82) is 0 Å². The Hall–Kier alpha value is -2.83. The van der Waals surface area contributed by atoms with Crippen LogP contribution in [0, 0.1) is 40.7 Å². The summed E-state index contributed by atoms with van der Waals surface area (Å²) in [5.74, 6) is -0.889. The number of nitro benzene ring substituents is 1. The summed E-state index contributed by atoms with van der Waals surface area (Å²) in [7, 11) is 0. The van der Waals surface area contributed by atoms with Gasteiger partial charge >= 0.3 is 0 Å². The standard InChI is InChI=1S/C18H17N3O4/c1-10-2-3-11(8-14(10)21(24)25)9-19-20-17(22)15-12-4-5-13(7-6-12)16(15)18(20)23/h2-5,8-9,12-13,15-16H,6-7H2,1H3/b19-9-/t12-,13-,15+,16+/m1/s1. The second-order valence-corrected chi connectivity index (χ2v) is 6.88. The lowest BCUT2D eigenvalue weighted by molar-refractivity contribution is -0.385. The molecule has 2 amide bonds. The molecule has 4 atom stereocenters. The minimum Gasteiger partial charge on any atom is -0.272 e. The van der Waals surface area contributed by atoms with Crippen molar-refractivity contribution in [2.24, 2.45) is 28.8 Å². The first-order valence-electron chi connectivity index (χ1n) is 8.32. The van der Waals surface area contributed by atoms with Crippen molar-refractivity contribution in [3.05, 3.63) is 51.6 Å². The minimum absolute atomic E-state index is 0.0149. The normalized spacial score (nSPS) is 30.4. The maximum Gasteiger partial charge on any atom is 0.272 e. The van der Waals surface area contributed by atoms with Gasteiger partial charge in [0, 0.05) is 17.2 Å². The van der Waals surface area contributed by atoms with Crippen molar-refractivity contribution in [2.75, 3.05) is 0 Å². The van der Waals surface area contributed by atoms with Crippen LogP contribution in [0.4, 0.5) is 5.69 Å². The Labute approximate surface area is 144 Å². The molecule has 0 spiro atoms.